The van der Waals surface area contributed by atoms with Gasteiger partial charge in [-0.2, -0.15) is 0 Å². The minimum atomic E-state index is 0.581. The summed E-state index contributed by atoms with van der Waals surface area (Å²) in [6.45, 7) is 0. The molecular weight excluding hydrogens is 639 g/mol. The van der Waals surface area contributed by atoms with Crippen LogP contribution in [0.4, 0.5) is 0 Å². The Morgan fingerprint density at radius 3 is 1.50 bits per heavy atom. The zero-order chi connectivity index (χ0) is 34.2. The molecule has 3 aromatic heterocycles. The summed E-state index contributed by atoms with van der Waals surface area (Å²) in [4.78, 5) is 15.5. The minimum absolute atomic E-state index is 0.581. The van der Waals surface area contributed by atoms with E-state index in [9.17, 15) is 0 Å². The third-order valence-electron chi connectivity index (χ3n) is 10.1. The highest BCUT2D eigenvalue weighted by Gasteiger charge is 2.21. The Kier molecular flexibility index (Phi) is 6.18. The predicted octanol–water partition coefficient (Wildman–Crippen LogP) is 12.6. The van der Waals surface area contributed by atoms with Crippen LogP contribution in [0.15, 0.2) is 173 Å². The van der Waals surface area contributed by atoms with E-state index >= 15 is 0 Å². The lowest BCUT2D eigenvalue weighted by molar-refractivity contribution is 0.668. The van der Waals surface area contributed by atoms with Gasteiger partial charge in [0.15, 0.2) is 17.5 Å². The maximum atomic E-state index is 6.54. The molecule has 0 N–H and O–H groups in total. The lowest BCUT2D eigenvalue weighted by Crippen LogP contribution is -2.00. The van der Waals surface area contributed by atoms with Gasteiger partial charge in [0, 0.05) is 38.2 Å². The summed E-state index contributed by atoms with van der Waals surface area (Å²) in [5, 5.41) is 8.75. The molecule has 52 heavy (non-hydrogen) atoms. The molecule has 11 rings (SSSR count). The van der Waals surface area contributed by atoms with Crippen molar-refractivity contribution in [1.82, 2.24) is 15.0 Å². The van der Waals surface area contributed by atoms with Crippen molar-refractivity contribution in [2.24, 2.45) is 0 Å². The molecule has 0 saturated heterocycles. The fraction of sp³-hybridized carbons (Fsp3) is 0. The van der Waals surface area contributed by atoms with Crippen molar-refractivity contribution in [1.29, 1.82) is 0 Å². The van der Waals surface area contributed by atoms with Gasteiger partial charge in [0.2, 0.25) is 0 Å². The number of fused-ring (bicyclic) bond motifs is 8. The lowest BCUT2D eigenvalue weighted by atomic mass is 9.96. The number of benzene rings is 8. The molecule has 0 spiro atoms. The van der Waals surface area contributed by atoms with Gasteiger partial charge in [-0.15, -0.1) is 0 Å². The maximum Gasteiger partial charge on any atom is 0.164 e. The van der Waals surface area contributed by atoms with Gasteiger partial charge in [-0.3, -0.25) is 0 Å². The number of furan rings is 2. The van der Waals surface area contributed by atoms with E-state index in [0.29, 0.717) is 17.5 Å². The van der Waals surface area contributed by atoms with E-state index in [2.05, 4.69) is 121 Å². The second-order valence-electron chi connectivity index (χ2n) is 13.2. The molecule has 5 nitrogen and oxygen atoms in total. The molecule has 0 unspecified atom stereocenters. The summed E-state index contributed by atoms with van der Waals surface area (Å²) in [6, 6.07) is 56.4. The van der Waals surface area contributed by atoms with Gasteiger partial charge >= 0.3 is 0 Å². The molecule has 0 atom stereocenters. The van der Waals surface area contributed by atoms with E-state index in [4.69, 9.17) is 23.8 Å². The van der Waals surface area contributed by atoms with Crippen molar-refractivity contribution in [3.05, 3.63) is 164 Å². The first-order chi connectivity index (χ1) is 25.7. The first-order valence-corrected chi connectivity index (χ1v) is 17.3. The Morgan fingerprint density at radius 2 is 0.808 bits per heavy atom. The Bertz CT molecular complexity index is 3110. The average molecular weight is 666 g/mol. The molecule has 5 heteroatoms. The van der Waals surface area contributed by atoms with E-state index in [0.717, 1.165) is 82.5 Å². The second kappa shape index (κ2) is 11.2. The lowest BCUT2D eigenvalue weighted by Gasteiger charge is -2.11. The van der Waals surface area contributed by atoms with Crippen molar-refractivity contribution in [2.45, 2.75) is 0 Å². The van der Waals surface area contributed by atoms with Crippen LogP contribution < -0.4 is 0 Å². The van der Waals surface area contributed by atoms with Crippen LogP contribution in [-0.4, -0.2) is 15.0 Å². The quantitative estimate of drug-likeness (QED) is 0.187. The maximum absolute atomic E-state index is 6.54. The predicted molar refractivity (Wildman–Crippen MR) is 211 cm³/mol. The van der Waals surface area contributed by atoms with Crippen LogP contribution in [-0.2, 0) is 0 Å². The fourth-order valence-electron chi connectivity index (χ4n) is 7.60. The zero-order valence-electron chi connectivity index (χ0n) is 27.7. The largest absolute Gasteiger partial charge is 0.456 e. The summed E-state index contributed by atoms with van der Waals surface area (Å²) in [7, 11) is 0. The van der Waals surface area contributed by atoms with E-state index < -0.39 is 0 Å². The molecule has 0 aliphatic rings. The summed E-state index contributed by atoms with van der Waals surface area (Å²) in [5.41, 5.74) is 8.10. The van der Waals surface area contributed by atoms with Crippen molar-refractivity contribution in [2.75, 3.05) is 0 Å². The third kappa shape index (κ3) is 4.53. The van der Waals surface area contributed by atoms with Crippen LogP contribution in [0.2, 0.25) is 0 Å². The molecular formula is C47H27N3O2. The second-order valence-corrected chi connectivity index (χ2v) is 13.2. The molecule has 0 aliphatic carbocycles. The Hall–Kier alpha value is -7.11. The highest BCUT2D eigenvalue weighted by molar-refractivity contribution is 6.18. The zero-order valence-corrected chi connectivity index (χ0v) is 27.7. The molecule has 242 valence electrons. The van der Waals surface area contributed by atoms with E-state index in [1.807, 2.05) is 42.5 Å². The number of hydrogen-bond acceptors (Lipinski definition) is 5. The van der Waals surface area contributed by atoms with Crippen LogP contribution in [0.3, 0.4) is 0 Å². The average Bonchev–Trinajstić information content (AvgIpc) is 3.78. The highest BCUT2D eigenvalue weighted by atomic mass is 16.3. The van der Waals surface area contributed by atoms with E-state index in [-0.39, 0.29) is 0 Å². The molecule has 0 radical (unpaired) electrons. The van der Waals surface area contributed by atoms with Gasteiger partial charge in [0.05, 0.1) is 0 Å². The van der Waals surface area contributed by atoms with Gasteiger partial charge in [0.25, 0.3) is 0 Å². The van der Waals surface area contributed by atoms with Crippen molar-refractivity contribution >= 4 is 65.4 Å². The fourth-order valence-corrected chi connectivity index (χ4v) is 7.60. The summed E-state index contributed by atoms with van der Waals surface area (Å²) < 4.78 is 12.8. The third-order valence-corrected chi connectivity index (χ3v) is 10.1. The Morgan fingerprint density at radius 1 is 0.308 bits per heavy atom. The minimum Gasteiger partial charge on any atom is -0.456 e. The molecule has 3 heterocycles. The van der Waals surface area contributed by atoms with Gasteiger partial charge < -0.3 is 8.83 Å². The monoisotopic (exact) mass is 665 g/mol. The Balaban J connectivity index is 1.16. The van der Waals surface area contributed by atoms with Crippen LogP contribution in [0, 0.1) is 0 Å². The summed E-state index contributed by atoms with van der Waals surface area (Å²) in [6.07, 6.45) is 0. The number of rotatable bonds is 4. The Labute approximate surface area is 297 Å². The van der Waals surface area contributed by atoms with Gasteiger partial charge in [-0.25, -0.2) is 15.0 Å². The topological polar surface area (TPSA) is 65.0 Å². The first-order valence-electron chi connectivity index (χ1n) is 17.3. The standard InChI is InChI=1S/C47H27N3O2/c1-3-11-30-25-33(21-19-28(30)9-1)45-48-46(34-22-20-29-10-2-4-12-31(29)26-34)50-47(49-45)38-15-8-18-41-44(38)43-35(14-7-17-40(43)52-41)32-23-24-37-36-13-5-6-16-39(36)51-42(37)27-32/h1-27H. The van der Waals surface area contributed by atoms with Crippen molar-refractivity contribution in [3.8, 4) is 45.3 Å². The van der Waals surface area contributed by atoms with Gasteiger partial charge in [0.1, 0.15) is 22.3 Å². The van der Waals surface area contributed by atoms with Crippen molar-refractivity contribution < 1.29 is 8.83 Å². The normalized spacial score (nSPS) is 11.8. The van der Waals surface area contributed by atoms with Crippen LogP contribution in [0.5, 0.6) is 0 Å². The molecule has 0 aliphatic heterocycles. The first kappa shape index (κ1) is 28.7. The molecule has 0 amide bonds. The molecule has 0 fully saturated rings. The van der Waals surface area contributed by atoms with E-state index in [1.54, 1.807) is 0 Å². The van der Waals surface area contributed by atoms with Gasteiger partial charge in [-0.1, -0.05) is 121 Å². The van der Waals surface area contributed by atoms with Crippen LogP contribution in [0.1, 0.15) is 0 Å². The molecule has 11 aromatic rings. The number of hydrogen-bond donors (Lipinski definition) is 0. The summed E-state index contributed by atoms with van der Waals surface area (Å²) in [5.74, 6) is 1.80. The van der Waals surface area contributed by atoms with Gasteiger partial charge in [-0.05, 0) is 75.1 Å². The van der Waals surface area contributed by atoms with Crippen LogP contribution in [0.25, 0.3) is 111 Å². The summed E-state index contributed by atoms with van der Waals surface area (Å²) >= 11 is 0. The molecule has 0 bridgehead atoms. The van der Waals surface area contributed by atoms with E-state index in [1.165, 1.54) is 10.8 Å². The smallest absolute Gasteiger partial charge is 0.164 e. The molecule has 8 aromatic carbocycles. The highest BCUT2D eigenvalue weighted by Crippen LogP contribution is 2.42. The SMILES string of the molecule is c1ccc2cc(-c3nc(-c4ccc5ccccc5c4)nc(-c4cccc5oc6cccc(-c7ccc8c(c7)oc7ccccc78)c6c45)n3)ccc2c1. The number of para-hydroxylation sites is 1. The number of nitrogens with zero attached hydrogens (tertiary/aromatic N) is 3. The van der Waals surface area contributed by atoms with Crippen molar-refractivity contribution in [3.63, 3.8) is 0 Å². The molecule has 0 saturated carbocycles. The number of aromatic nitrogens is 3. The van der Waals surface area contributed by atoms with Crippen LogP contribution >= 0.6 is 0 Å².